The molecule has 1 fully saturated rings. The molecule has 1 aliphatic rings. The molecule has 2 rings (SSSR count). The van der Waals surface area contributed by atoms with E-state index >= 15 is 0 Å². The molecule has 1 aromatic rings. The highest BCUT2D eigenvalue weighted by Crippen LogP contribution is 2.21. The quantitative estimate of drug-likeness (QED) is 0.590. The van der Waals surface area contributed by atoms with Crippen molar-refractivity contribution in [2.45, 2.75) is 52.5 Å². The molecule has 1 saturated heterocycles. The van der Waals surface area contributed by atoms with Crippen LogP contribution < -0.4 is 0 Å². The van der Waals surface area contributed by atoms with Crippen molar-refractivity contribution in [3.05, 3.63) is 15.0 Å². The van der Waals surface area contributed by atoms with Crippen molar-refractivity contribution in [1.29, 1.82) is 0 Å². The van der Waals surface area contributed by atoms with Crippen LogP contribution in [0, 0.1) is 23.3 Å². The summed E-state index contributed by atoms with van der Waals surface area (Å²) in [5.41, 5.74) is 2.48. The predicted molar refractivity (Wildman–Crippen MR) is 81.8 cm³/mol. The Bertz CT molecular complexity index is 383. The highest BCUT2D eigenvalue weighted by Gasteiger charge is 2.13. The molecule has 3 nitrogen and oxygen atoms in total. The van der Waals surface area contributed by atoms with Crippen LogP contribution in [0.3, 0.4) is 0 Å². The number of halogens is 1. The maximum Gasteiger partial charge on any atom is 0.0729 e. The Morgan fingerprint density at radius 1 is 1.28 bits per heavy atom. The molecular formula is C14H23IN2O. The van der Waals surface area contributed by atoms with Crippen LogP contribution in [-0.4, -0.2) is 23.0 Å². The zero-order chi connectivity index (χ0) is 13.0. The third-order valence-corrected chi connectivity index (χ3v) is 5.43. The Kier molecular flexibility index (Phi) is 5.48. The molecule has 0 atom stereocenters. The second-order valence-electron chi connectivity index (χ2n) is 5.26. The van der Waals surface area contributed by atoms with Crippen molar-refractivity contribution in [2.24, 2.45) is 5.92 Å². The minimum absolute atomic E-state index is 0.902. The summed E-state index contributed by atoms with van der Waals surface area (Å²) in [6, 6.07) is 0. The van der Waals surface area contributed by atoms with Crippen molar-refractivity contribution in [2.75, 3.05) is 13.2 Å². The zero-order valence-electron chi connectivity index (χ0n) is 11.4. The van der Waals surface area contributed by atoms with Crippen LogP contribution in [0.2, 0.25) is 0 Å². The van der Waals surface area contributed by atoms with Gasteiger partial charge in [-0.25, -0.2) is 0 Å². The van der Waals surface area contributed by atoms with Crippen LogP contribution in [0.1, 0.15) is 43.5 Å². The molecule has 0 unspecified atom stereocenters. The molecule has 0 bridgehead atoms. The van der Waals surface area contributed by atoms with E-state index in [0.717, 1.165) is 31.4 Å². The van der Waals surface area contributed by atoms with E-state index in [1.54, 1.807) is 0 Å². The van der Waals surface area contributed by atoms with E-state index in [0.29, 0.717) is 0 Å². The van der Waals surface area contributed by atoms with E-state index in [9.17, 15) is 0 Å². The molecule has 1 aliphatic heterocycles. The van der Waals surface area contributed by atoms with Crippen LogP contribution in [0.5, 0.6) is 0 Å². The molecule has 0 N–H and O–H groups in total. The van der Waals surface area contributed by atoms with Gasteiger partial charge in [0.2, 0.25) is 0 Å². The molecule has 0 aliphatic carbocycles. The third-order valence-electron chi connectivity index (χ3n) is 3.87. The van der Waals surface area contributed by atoms with Crippen LogP contribution in [0.4, 0.5) is 0 Å². The Hall–Kier alpha value is -0.100. The van der Waals surface area contributed by atoms with E-state index in [2.05, 4.69) is 46.2 Å². The fourth-order valence-corrected chi connectivity index (χ4v) is 3.01. The average Bonchev–Trinajstić information content (AvgIpc) is 2.64. The first kappa shape index (κ1) is 14.3. The van der Waals surface area contributed by atoms with Gasteiger partial charge >= 0.3 is 0 Å². The van der Waals surface area contributed by atoms with Crippen molar-refractivity contribution in [3.8, 4) is 0 Å². The predicted octanol–water partition coefficient (Wildman–Crippen LogP) is 3.70. The largest absolute Gasteiger partial charge is 0.381 e. The Morgan fingerprint density at radius 2 is 2.00 bits per heavy atom. The summed E-state index contributed by atoms with van der Waals surface area (Å²) in [7, 11) is 0. The first-order chi connectivity index (χ1) is 8.68. The monoisotopic (exact) mass is 362 g/mol. The Labute approximate surface area is 123 Å². The fraction of sp³-hybridized carbons (Fsp3) is 0.786. The highest BCUT2D eigenvalue weighted by atomic mass is 127. The molecule has 1 aromatic heterocycles. The van der Waals surface area contributed by atoms with Gasteiger partial charge in [0.1, 0.15) is 0 Å². The van der Waals surface area contributed by atoms with E-state index in [1.165, 1.54) is 41.4 Å². The van der Waals surface area contributed by atoms with Crippen LogP contribution in [0.15, 0.2) is 0 Å². The topological polar surface area (TPSA) is 27.1 Å². The molecule has 0 radical (unpaired) electrons. The van der Waals surface area contributed by atoms with Crippen molar-refractivity contribution in [3.63, 3.8) is 0 Å². The van der Waals surface area contributed by atoms with E-state index in [1.807, 2.05) is 0 Å². The lowest BCUT2D eigenvalue weighted by atomic mass is 9.94. The van der Waals surface area contributed by atoms with Crippen molar-refractivity contribution < 1.29 is 4.74 Å². The SMILES string of the molecule is Cc1nn(CCCCC2CCOCC2)c(C)c1I. The lowest BCUT2D eigenvalue weighted by Gasteiger charge is -2.21. The maximum absolute atomic E-state index is 5.39. The average molecular weight is 362 g/mol. The summed E-state index contributed by atoms with van der Waals surface area (Å²) < 4.78 is 8.88. The van der Waals surface area contributed by atoms with Gasteiger partial charge in [-0.05, 0) is 61.6 Å². The number of aromatic nitrogens is 2. The van der Waals surface area contributed by atoms with Gasteiger partial charge in [-0.15, -0.1) is 0 Å². The number of rotatable bonds is 5. The standard InChI is InChI=1S/C14H23IN2O/c1-11-14(15)12(2)17(16-11)8-4-3-5-13-6-9-18-10-7-13/h13H,3-10H2,1-2H3. The van der Waals surface area contributed by atoms with Gasteiger partial charge in [-0.3, -0.25) is 4.68 Å². The van der Waals surface area contributed by atoms with E-state index < -0.39 is 0 Å². The first-order valence-corrected chi connectivity index (χ1v) is 8.03. The molecule has 4 heteroatoms. The minimum atomic E-state index is 0.902. The van der Waals surface area contributed by atoms with Gasteiger partial charge in [0.25, 0.3) is 0 Å². The number of unbranched alkanes of at least 4 members (excludes halogenated alkanes) is 1. The van der Waals surface area contributed by atoms with E-state index in [4.69, 9.17) is 4.74 Å². The first-order valence-electron chi connectivity index (χ1n) is 6.95. The summed E-state index contributed by atoms with van der Waals surface area (Å²) in [4.78, 5) is 0. The molecule has 18 heavy (non-hydrogen) atoms. The van der Waals surface area contributed by atoms with Crippen LogP contribution in [0.25, 0.3) is 0 Å². The molecule has 102 valence electrons. The van der Waals surface area contributed by atoms with Gasteiger partial charge in [-0.1, -0.05) is 12.8 Å². The fourth-order valence-electron chi connectivity index (χ4n) is 2.62. The van der Waals surface area contributed by atoms with Gasteiger partial charge in [0.15, 0.2) is 0 Å². The second kappa shape index (κ2) is 6.89. The molecule has 0 saturated carbocycles. The molecule has 0 aromatic carbocycles. The van der Waals surface area contributed by atoms with Gasteiger partial charge in [-0.2, -0.15) is 5.10 Å². The smallest absolute Gasteiger partial charge is 0.0729 e. The Morgan fingerprint density at radius 3 is 2.61 bits per heavy atom. The zero-order valence-corrected chi connectivity index (χ0v) is 13.6. The lowest BCUT2D eigenvalue weighted by molar-refractivity contribution is 0.0630. The van der Waals surface area contributed by atoms with Crippen LogP contribution >= 0.6 is 22.6 Å². The van der Waals surface area contributed by atoms with E-state index in [-0.39, 0.29) is 0 Å². The minimum Gasteiger partial charge on any atom is -0.381 e. The number of aryl methyl sites for hydroxylation is 2. The highest BCUT2D eigenvalue weighted by molar-refractivity contribution is 14.1. The van der Waals surface area contributed by atoms with Gasteiger partial charge in [0.05, 0.1) is 9.26 Å². The third kappa shape index (κ3) is 3.70. The summed E-state index contributed by atoms with van der Waals surface area (Å²) in [6.45, 7) is 7.27. The Balaban J connectivity index is 1.70. The van der Waals surface area contributed by atoms with Gasteiger partial charge in [0, 0.05) is 25.5 Å². The van der Waals surface area contributed by atoms with Crippen molar-refractivity contribution in [1.82, 2.24) is 9.78 Å². The molecule has 0 amide bonds. The number of nitrogens with zero attached hydrogens (tertiary/aromatic N) is 2. The number of ether oxygens (including phenoxy) is 1. The lowest BCUT2D eigenvalue weighted by Crippen LogP contribution is -2.15. The summed E-state index contributed by atoms with van der Waals surface area (Å²) in [5, 5.41) is 4.58. The molecule has 0 spiro atoms. The normalized spacial score (nSPS) is 17.3. The number of hydrogen-bond acceptors (Lipinski definition) is 2. The summed E-state index contributed by atoms with van der Waals surface area (Å²) in [5.74, 6) is 0.902. The number of hydrogen-bond donors (Lipinski definition) is 0. The molecular weight excluding hydrogens is 339 g/mol. The maximum atomic E-state index is 5.39. The van der Waals surface area contributed by atoms with Gasteiger partial charge < -0.3 is 4.74 Å². The summed E-state index contributed by atoms with van der Waals surface area (Å²) in [6.07, 6.45) is 6.45. The van der Waals surface area contributed by atoms with Crippen LogP contribution in [-0.2, 0) is 11.3 Å². The van der Waals surface area contributed by atoms with Crippen molar-refractivity contribution >= 4 is 22.6 Å². The second-order valence-corrected chi connectivity index (χ2v) is 6.34. The summed E-state index contributed by atoms with van der Waals surface area (Å²) >= 11 is 2.39. The molecule has 2 heterocycles.